The normalized spacial score (nSPS) is 10.4. The number of unbranched alkanes of at least 4 members (excludes halogenated alkanes) is 1. The van der Waals surface area contributed by atoms with Gasteiger partial charge in [-0.25, -0.2) is 0 Å². The summed E-state index contributed by atoms with van der Waals surface area (Å²) in [6.45, 7) is 5.51. The monoisotopic (exact) mass is 393 g/mol. The standard InChI is InChI=1S/C21H31N3O2.ClH/c1-5-6-16-26-21-9-7-8-20(22-21)24(15-14-23(2)3)17-18-10-12-19(25-4)13-11-18;/h7-13H,5-6,14-17H2,1-4H3;1H. The molecule has 2 aromatic rings. The molecule has 0 radical (unpaired) electrons. The minimum atomic E-state index is 0. The van der Waals surface area contributed by atoms with E-state index in [-0.39, 0.29) is 12.4 Å². The molecule has 0 spiro atoms. The Balaban J connectivity index is 0.00000364. The second-order valence-corrected chi connectivity index (χ2v) is 6.61. The summed E-state index contributed by atoms with van der Waals surface area (Å²) in [5.41, 5.74) is 1.23. The molecule has 1 aromatic heterocycles. The number of aromatic nitrogens is 1. The van der Waals surface area contributed by atoms with E-state index in [1.807, 2.05) is 30.3 Å². The minimum Gasteiger partial charge on any atom is -0.497 e. The third-order valence-corrected chi connectivity index (χ3v) is 4.13. The first kappa shape index (κ1) is 23.1. The van der Waals surface area contributed by atoms with Crippen LogP contribution in [0.15, 0.2) is 42.5 Å². The summed E-state index contributed by atoms with van der Waals surface area (Å²) in [6.07, 6.45) is 2.16. The maximum Gasteiger partial charge on any atom is 0.215 e. The lowest BCUT2D eigenvalue weighted by Gasteiger charge is -2.26. The predicted octanol–water partition coefficient (Wildman–Crippen LogP) is 4.26. The van der Waals surface area contributed by atoms with Gasteiger partial charge in [0, 0.05) is 25.7 Å². The van der Waals surface area contributed by atoms with Crippen LogP contribution in [0.1, 0.15) is 25.3 Å². The molecule has 150 valence electrons. The van der Waals surface area contributed by atoms with Crippen LogP contribution < -0.4 is 14.4 Å². The number of pyridine rings is 1. The van der Waals surface area contributed by atoms with Crippen molar-refractivity contribution >= 4 is 18.2 Å². The number of benzene rings is 1. The fourth-order valence-corrected chi connectivity index (χ4v) is 2.53. The van der Waals surface area contributed by atoms with E-state index in [4.69, 9.17) is 14.5 Å². The van der Waals surface area contributed by atoms with E-state index in [1.165, 1.54) is 5.56 Å². The quantitative estimate of drug-likeness (QED) is 0.533. The third-order valence-electron chi connectivity index (χ3n) is 4.13. The fourth-order valence-electron chi connectivity index (χ4n) is 2.53. The van der Waals surface area contributed by atoms with Crippen LogP contribution in [0.25, 0.3) is 0 Å². The van der Waals surface area contributed by atoms with Gasteiger partial charge in [-0.2, -0.15) is 4.98 Å². The van der Waals surface area contributed by atoms with Crippen LogP contribution in [0.2, 0.25) is 0 Å². The van der Waals surface area contributed by atoms with Crippen molar-refractivity contribution in [2.75, 3.05) is 45.8 Å². The number of ether oxygens (including phenoxy) is 2. The first-order valence-corrected chi connectivity index (χ1v) is 9.25. The zero-order valence-corrected chi connectivity index (χ0v) is 17.7. The molecule has 0 bridgehead atoms. The Morgan fingerprint density at radius 2 is 1.74 bits per heavy atom. The first-order chi connectivity index (χ1) is 12.6. The summed E-state index contributed by atoms with van der Waals surface area (Å²) in [5, 5.41) is 0. The lowest BCUT2D eigenvalue weighted by molar-refractivity contribution is 0.298. The first-order valence-electron chi connectivity index (χ1n) is 9.25. The second kappa shape index (κ2) is 12.4. The molecule has 0 aliphatic heterocycles. The van der Waals surface area contributed by atoms with E-state index in [1.54, 1.807) is 7.11 Å². The zero-order valence-electron chi connectivity index (χ0n) is 16.9. The smallest absolute Gasteiger partial charge is 0.215 e. The van der Waals surface area contributed by atoms with Crippen molar-refractivity contribution < 1.29 is 9.47 Å². The average Bonchev–Trinajstić information content (AvgIpc) is 2.66. The van der Waals surface area contributed by atoms with Gasteiger partial charge in [-0.1, -0.05) is 31.5 Å². The molecular weight excluding hydrogens is 362 g/mol. The van der Waals surface area contributed by atoms with E-state index >= 15 is 0 Å². The highest BCUT2D eigenvalue weighted by molar-refractivity contribution is 5.85. The second-order valence-electron chi connectivity index (χ2n) is 6.61. The molecule has 1 heterocycles. The lowest BCUT2D eigenvalue weighted by Crippen LogP contribution is -2.32. The molecule has 0 aliphatic carbocycles. The Kier molecular flexibility index (Phi) is 10.6. The molecular formula is C21H32ClN3O2. The molecule has 0 saturated heterocycles. The van der Waals surface area contributed by atoms with Gasteiger partial charge in [0.05, 0.1) is 13.7 Å². The van der Waals surface area contributed by atoms with Gasteiger partial charge in [0.25, 0.3) is 0 Å². The van der Waals surface area contributed by atoms with Crippen molar-refractivity contribution in [3.05, 3.63) is 48.0 Å². The summed E-state index contributed by atoms with van der Waals surface area (Å²) >= 11 is 0. The van der Waals surface area contributed by atoms with Gasteiger partial charge in [0.15, 0.2) is 0 Å². The molecule has 1 aromatic carbocycles. The number of likely N-dealkylation sites (N-methyl/N-ethyl adjacent to an activating group) is 1. The Morgan fingerprint density at radius 1 is 1.00 bits per heavy atom. The number of rotatable bonds is 11. The van der Waals surface area contributed by atoms with Crippen LogP contribution in [0.4, 0.5) is 5.82 Å². The molecule has 0 amide bonds. The van der Waals surface area contributed by atoms with Gasteiger partial charge in [-0.3, -0.25) is 0 Å². The summed E-state index contributed by atoms with van der Waals surface area (Å²) < 4.78 is 11.0. The van der Waals surface area contributed by atoms with Crippen LogP contribution in [0, 0.1) is 0 Å². The highest BCUT2D eigenvalue weighted by Crippen LogP contribution is 2.20. The van der Waals surface area contributed by atoms with Crippen LogP contribution in [0.3, 0.4) is 0 Å². The zero-order chi connectivity index (χ0) is 18.8. The van der Waals surface area contributed by atoms with Gasteiger partial charge < -0.3 is 19.3 Å². The SMILES string of the molecule is CCCCOc1cccc(N(CCN(C)C)Cc2ccc(OC)cc2)n1.Cl. The largest absolute Gasteiger partial charge is 0.497 e. The Morgan fingerprint density at radius 3 is 2.37 bits per heavy atom. The maximum absolute atomic E-state index is 5.78. The van der Waals surface area contributed by atoms with Gasteiger partial charge in [-0.05, 0) is 44.3 Å². The van der Waals surface area contributed by atoms with E-state index in [0.717, 1.165) is 44.0 Å². The number of methoxy groups -OCH3 is 1. The average molecular weight is 394 g/mol. The Hall–Kier alpha value is -1.98. The van der Waals surface area contributed by atoms with E-state index in [9.17, 15) is 0 Å². The van der Waals surface area contributed by atoms with Gasteiger partial charge in [0.1, 0.15) is 11.6 Å². The molecule has 27 heavy (non-hydrogen) atoms. The number of halogens is 1. The molecule has 6 heteroatoms. The number of nitrogens with zero attached hydrogens (tertiary/aromatic N) is 3. The molecule has 2 rings (SSSR count). The molecule has 0 unspecified atom stereocenters. The van der Waals surface area contributed by atoms with E-state index in [0.29, 0.717) is 12.5 Å². The van der Waals surface area contributed by atoms with E-state index < -0.39 is 0 Å². The molecule has 0 N–H and O–H groups in total. The summed E-state index contributed by atoms with van der Waals surface area (Å²) in [5.74, 6) is 2.51. The van der Waals surface area contributed by atoms with Crippen molar-refractivity contribution in [2.45, 2.75) is 26.3 Å². The fraction of sp³-hybridized carbons (Fsp3) is 0.476. The van der Waals surface area contributed by atoms with Gasteiger partial charge in [0.2, 0.25) is 5.88 Å². The molecule has 0 aliphatic rings. The topological polar surface area (TPSA) is 37.8 Å². The molecule has 0 atom stereocenters. The van der Waals surface area contributed by atoms with Crippen molar-refractivity contribution in [1.82, 2.24) is 9.88 Å². The van der Waals surface area contributed by atoms with Crippen LogP contribution in [0.5, 0.6) is 11.6 Å². The van der Waals surface area contributed by atoms with Crippen LogP contribution >= 0.6 is 12.4 Å². The van der Waals surface area contributed by atoms with Crippen molar-refractivity contribution in [3.8, 4) is 11.6 Å². The Bertz CT molecular complexity index is 650. The van der Waals surface area contributed by atoms with Crippen LogP contribution in [-0.4, -0.2) is 50.8 Å². The van der Waals surface area contributed by atoms with E-state index in [2.05, 4.69) is 43.0 Å². The van der Waals surface area contributed by atoms with Crippen LogP contribution in [-0.2, 0) is 6.54 Å². The highest BCUT2D eigenvalue weighted by Gasteiger charge is 2.11. The predicted molar refractivity (Wildman–Crippen MR) is 114 cm³/mol. The van der Waals surface area contributed by atoms with Gasteiger partial charge in [-0.15, -0.1) is 12.4 Å². The third kappa shape index (κ3) is 8.06. The minimum absolute atomic E-state index is 0. The number of hydrogen-bond acceptors (Lipinski definition) is 5. The maximum atomic E-state index is 5.78. The molecule has 0 fully saturated rings. The summed E-state index contributed by atoms with van der Waals surface area (Å²) in [6, 6.07) is 14.2. The summed E-state index contributed by atoms with van der Waals surface area (Å²) in [7, 11) is 5.86. The molecule has 5 nitrogen and oxygen atoms in total. The highest BCUT2D eigenvalue weighted by atomic mass is 35.5. The summed E-state index contributed by atoms with van der Waals surface area (Å²) in [4.78, 5) is 9.18. The number of anilines is 1. The van der Waals surface area contributed by atoms with Crippen molar-refractivity contribution in [2.24, 2.45) is 0 Å². The van der Waals surface area contributed by atoms with Gasteiger partial charge >= 0.3 is 0 Å². The lowest BCUT2D eigenvalue weighted by atomic mass is 10.2. The Labute approximate surface area is 169 Å². The molecule has 0 saturated carbocycles. The number of hydrogen-bond donors (Lipinski definition) is 0. The van der Waals surface area contributed by atoms with Crippen molar-refractivity contribution in [1.29, 1.82) is 0 Å². The van der Waals surface area contributed by atoms with Crippen molar-refractivity contribution in [3.63, 3.8) is 0 Å².